The second-order valence-corrected chi connectivity index (χ2v) is 8.87. The number of benzene rings is 1. The summed E-state index contributed by atoms with van der Waals surface area (Å²) in [5.74, 6) is 0.831. The van der Waals surface area contributed by atoms with E-state index in [0.29, 0.717) is 17.7 Å². The number of nitrogens with zero attached hydrogens (tertiary/aromatic N) is 5. The fourth-order valence-electron chi connectivity index (χ4n) is 4.15. The van der Waals surface area contributed by atoms with Gasteiger partial charge in [0.05, 0.1) is 12.1 Å². The summed E-state index contributed by atoms with van der Waals surface area (Å²) in [5.41, 5.74) is 4.68. The maximum atomic E-state index is 12.6. The van der Waals surface area contributed by atoms with E-state index in [1.165, 1.54) is 30.3 Å². The Balaban J connectivity index is 1.30. The Kier molecular flexibility index (Phi) is 6.85. The van der Waals surface area contributed by atoms with Crippen molar-refractivity contribution >= 4 is 11.7 Å². The van der Waals surface area contributed by atoms with Crippen LogP contribution in [0.3, 0.4) is 0 Å². The van der Waals surface area contributed by atoms with Crippen molar-refractivity contribution in [2.75, 3.05) is 38.1 Å². The first kappa shape index (κ1) is 24.8. The average Bonchev–Trinajstić information content (AvgIpc) is 3.36. The van der Waals surface area contributed by atoms with Crippen molar-refractivity contribution in [1.82, 2.24) is 19.9 Å². The minimum Gasteiger partial charge on any atom is -0.406 e. The fourth-order valence-corrected chi connectivity index (χ4v) is 4.15. The zero-order valence-corrected chi connectivity index (χ0v) is 20.0. The molecule has 0 amide bonds. The summed E-state index contributed by atoms with van der Waals surface area (Å²) < 4.78 is 42.6. The zero-order valence-electron chi connectivity index (χ0n) is 20.0. The fraction of sp³-hybridized carbons (Fsp3) is 0.320. The molecule has 12 heteroatoms. The molecule has 194 valence electrons. The van der Waals surface area contributed by atoms with E-state index in [-0.39, 0.29) is 17.2 Å². The molecule has 1 unspecified atom stereocenters. The Labute approximate surface area is 210 Å². The van der Waals surface area contributed by atoms with Gasteiger partial charge in [0.15, 0.2) is 6.17 Å². The van der Waals surface area contributed by atoms with Gasteiger partial charge in [-0.05, 0) is 48.5 Å². The van der Waals surface area contributed by atoms with E-state index in [0.717, 1.165) is 37.6 Å². The standard InChI is InChI=1S/C25H25F3N6O3/c1-32-10-12-33(13-11-32)21-14-17(8-9-29-21)15-34-16-19(4-7-22(34)35)24-30-23(31-37-24)18-2-5-20(6-3-18)36-25(26,27)28/h2-9,14,16,23,31H,10-13,15H2,1H3. The number of hydroxylamine groups is 1. The van der Waals surface area contributed by atoms with E-state index in [4.69, 9.17) is 4.84 Å². The lowest BCUT2D eigenvalue weighted by molar-refractivity contribution is -0.274. The number of alkyl halides is 3. The van der Waals surface area contributed by atoms with Gasteiger partial charge in [-0.15, -0.1) is 18.7 Å². The molecule has 1 fully saturated rings. The van der Waals surface area contributed by atoms with Crippen molar-refractivity contribution in [2.24, 2.45) is 4.99 Å². The van der Waals surface area contributed by atoms with Crippen LogP contribution in [0.15, 0.2) is 70.7 Å². The summed E-state index contributed by atoms with van der Waals surface area (Å²) in [7, 11) is 2.10. The van der Waals surface area contributed by atoms with Gasteiger partial charge in [-0.2, -0.15) is 0 Å². The van der Waals surface area contributed by atoms with E-state index >= 15 is 0 Å². The van der Waals surface area contributed by atoms with Crippen molar-refractivity contribution in [3.63, 3.8) is 0 Å². The zero-order chi connectivity index (χ0) is 26.0. The minimum absolute atomic E-state index is 0.176. The van der Waals surface area contributed by atoms with Crippen LogP contribution in [-0.2, 0) is 11.4 Å². The molecule has 1 N–H and O–H groups in total. The molecule has 0 aliphatic carbocycles. The van der Waals surface area contributed by atoms with Crippen LogP contribution in [0.5, 0.6) is 5.75 Å². The average molecular weight is 515 g/mol. The summed E-state index contributed by atoms with van der Waals surface area (Å²) in [6.07, 6.45) is -1.96. The molecule has 37 heavy (non-hydrogen) atoms. The SMILES string of the molecule is CN1CCN(c2cc(Cn3cc(C4=NC(c5ccc(OC(F)(F)F)cc5)NO4)ccc3=O)ccn2)CC1. The largest absolute Gasteiger partial charge is 0.573 e. The van der Waals surface area contributed by atoms with Crippen LogP contribution in [-0.4, -0.2) is 59.9 Å². The number of ether oxygens (including phenoxy) is 1. The highest BCUT2D eigenvalue weighted by Crippen LogP contribution is 2.26. The Morgan fingerprint density at radius 2 is 1.84 bits per heavy atom. The number of likely N-dealkylation sites (N-methyl/N-ethyl adjacent to an activating group) is 1. The molecule has 1 aromatic carbocycles. The van der Waals surface area contributed by atoms with Gasteiger partial charge in [0.25, 0.3) is 5.56 Å². The normalized spacial score (nSPS) is 18.4. The maximum absolute atomic E-state index is 12.6. The first-order valence-electron chi connectivity index (χ1n) is 11.7. The maximum Gasteiger partial charge on any atom is 0.573 e. The van der Waals surface area contributed by atoms with Crippen molar-refractivity contribution < 1.29 is 22.7 Å². The second kappa shape index (κ2) is 10.2. The number of hydrogen-bond acceptors (Lipinski definition) is 8. The van der Waals surface area contributed by atoms with Gasteiger partial charge in [-0.1, -0.05) is 12.1 Å². The molecule has 1 saturated heterocycles. The number of halogens is 3. The van der Waals surface area contributed by atoms with E-state index in [2.05, 4.69) is 37.0 Å². The highest BCUT2D eigenvalue weighted by atomic mass is 19.4. The van der Waals surface area contributed by atoms with Crippen LogP contribution in [0, 0.1) is 0 Å². The van der Waals surface area contributed by atoms with Crippen LogP contribution < -0.4 is 20.7 Å². The van der Waals surface area contributed by atoms with Crippen molar-refractivity contribution in [3.8, 4) is 5.75 Å². The third kappa shape index (κ3) is 6.09. The van der Waals surface area contributed by atoms with Gasteiger partial charge in [0, 0.05) is 44.6 Å². The summed E-state index contributed by atoms with van der Waals surface area (Å²) in [6.45, 7) is 4.07. The summed E-state index contributed by atoms with van der Waals surface area (Å²) >= 11 is 0. The molecular formula is C25H25F3N6O3. The lowest BCUT2D eigenvalue weighted by Gasteiger charge is -2.33. The number of pyridine rings is 2. The minimum atomic E-state index is -4.76. The molecule has 3 aromatic rings. The van der Waals surface area contributed by atoms with Crippen LogP contribution in [0.2, 0.25) is 0 Å². The molecule has 5 rings (SSSR count). The molecule has 2 aromatic heterocycles. The van der Waals surface area contributed by atoms with Gasteiger partial charge in [-0.3, -0.25) is 4.79 Å². The molecule has 2 aliphatic rings. The van der Waals surface area contributed by atoms with E-state index in [1.54, 1.807) is 23.0 Å². The van der Waals surface area contributed by atoms with Gasteiger partial charge in [-0.25, -0.2) is 9.98 Å². The number of nitrogens with one attached hydrogen (secondary N) is 1. The van der Waals surface area contributed by atoms with Gasteiger partial charge < -0.3 is 23.9 Å². The Morgan fingerprint density at radius 1 is 1.08 bits per heavy atom. The molecule has 4 heterocycles. The third-order valence-electron chi connectivity index (χ3n) is 6.16. The first-order chi connectivity index (χ1) is 17.7. The summed E-state index contributed by atoms with van der Waals surface area (Å²) in [4.78, 5) is 31.6. The number of aromatic nitrogens is 2. The summed E-state index contributed by atoms with van der Waals surface area (Å²) in [6, 6.07) is 12.3. The van der Waals surface area contributed by atoms with Crippen LogP contribution in [0.25, 0.3) is 0 Å². The Bertz CT molecular complexity index is 1330. The lowest BCUT2D eigenvalue weighted by Crippen LogP contribution is -2.44. The monoisotopic (exact) mass is 514 g/mol. The Morgan fingerprint density at radius 3 is 2.57 bits per heavy atom. The number of rotatable bonds is 6. The predicted octanol–water partition coefficient (Wildman–Crippen LogP) is 2.92. The third-order valence-corrected chi connectivity index (χ3v) is 6.16. The van der Waals surface area contributed by atoms with Crippen LogP contribution >= 0.6 is 0 Å². The highest BCUT2D eigenvalue weighted by Gasteiger charge is 2.31. The molecule has 0 spiro atoms. The lowest BCUT2D eigenvalue weighted by atomic mass is 10.2. The predicted molar refractivity (Wildman–Crippen MR) is 130 cm³/mol. The van der Waals surface area contributed by atoms with Crippen molar-refractivity contribution in [1.29, 1.82) is 0 Å². The smallest absolute Gasteiger partial charge is 0.406 e. The number of anilines is 1. The molecule has 9 nitrogen and oxygen atoms in total. The van der Waals surface area contributed by atoms with Crippen molar-refractivity contribution in [2.45, 2.75) is 19.1 Å². The highest BCUT2D eigenvalue weighted by molar-refractivity contribution is 5.94. The second-order valence-electron chi connectivity index (χ2n) is 8.87. The molecule has 2 aliphatic heterocycles. The quantitative estimate of drug-likeness (QED) is 0.542. The van der Waals surface area contributed by atoms with Gasteiger partial charge in [0.1, 0.15) is 11.6 Å². The molecular weight excluding hydrogens is 489 g/mol. The van der Waals surface area contributed by atoms with Crippen molar-refractivity contribution in [3.05, 3.63) is 88.0 Å². The van der Waals surface area contributed by atoms with E-state index in [1.807, 2.05) is 12.1 Å². The van der Waals surface area contributed by atoms with E-state index < -0.39 is 12.5 Å². The van der Waals surface area contributed by atoms with E-state index in [9.17, 15) is 18.0 Å². The number of hydrogen-bond donors (Lipinski definition) is 1. The Hall–Kier alpha value is -3.90. The molecule has 0 saturated carbocycles. The van der Waals surface area contributed by atoms with Gasteiger partial charge in [0.2, 0.25) is 5.90 Å². The topological polar surface area (TPSA) is 84.2 Å². The first-order valence-corrected chi connectivity index (χ1v) is 11.7. The number of piperazine rings is 1. The molecule has 0 radical (unpaired) electrons. The summed E-state index contributed by atoms with van der Waals surface area (Å²) in [5, 5.41) is 0. The van der Waals surface area contributed by atoms with Crippen LogP contribution in [0.4, 0.5) is 19.0 Å². The number of aliphatic imine (C=N–C) groups is 1. The van der Waals surface area contributed by atoms with Crippen LogP contribution in [0.1, 0.15) is 22.9 Å². The van der Waals surface area contributed by atoms with Gasteiger partial charge >= 0.3 is 6.36 Å². The molecule has 1 atom stereocenters. The molecule has 0 bridgehead atoms.